The van der Waals surface area contributed by atoms with Crippen molar-refractivity contribution in [3.05, 3.63) is 33.8 Å². The molecule has 0 radical (unpaired) electrons. The van der Waals surface area contributed by atoms with Crippen LogP contribution in [0.1, 0.15) is 19.4 Å². The van der Waals surface area contributed by atoms with Crippen molar-refractivity contribution >= 4 is 27.5 Å². The topological polar surface area (TPSA) is 30.5 Å². The first-order valence-electron chi connectivity index (χ1n) is 6.20. The van der Waals surface area contributed by atoms with Gasteiger partial charge >= 0.3 is 0 Å². The number of hydrogen-bond donors (Lipinski definition) is 1. The van der Waals surface area contributed by atoms with Crippen molar-refractivity contribution in [2.24, 2.45) is 0 Å². The average Bonchev–Trinajstić information content (AvgIpc) is 2.35. The van der Waals surface area contributed by atoms with Crippen molar-refractivity contribution in [3.8, 4) is 11.5 Å². The Hall–Kier alpha value is -0.710. The van der Waals surface area contributed by atoms with E-state index in [1.54, 1.807) is 0 Å². The van der Waals surface area contributed by atoms with Gasteiger partial charge in [0.1, 0.15) is 6.61 Å². The summed E-state index contributed by atoms with van der Waals surface area (Å²) in [6.07, 6.45) is 0. The zero-order chi connectivity index (χ0) is 14.3. The monoisotopic (exact) mass is 347 g/mol. The lowest BCUT2D eigenvalue weighted by atomic mass is 10.2. The molecule has 0 saturated carbocycles. The highest BCUT2D eigenvalue weighted by molar-refractivity contribution is 9.10. The smallest absolute Gasteiger partial charge is 0.175 e. The van der Waals surface area contributed by atoms with E-state index in [2.05, 4.69) is 34.7 Å². The van der Waals surface area contributed by atoms with Gasteiger partial charge in [0.25, 0.3) is 0 Å². The zero-order valence-corrected chi connectivity index (χ0v) is 13.6. The highest BCUT2D eigenvalue weighted by Crippen LogP contribution is 2.37. The van der Waals surface area contributed by atoms with E-state index in [9.17, 15) is 0 Å². The second-order valence-electron chi connectivity index (χ2n) is 3.92. The van der Waals surface area contributed by atoms with Crippen LogP contribution in [0.3, 0.4) is 0 Å². The van der Waals surface area contributed by atoms with Crippen LogP contribution in [0.25, 0.3) is 0 Å². The Bertz CT molecular complexity index is 438. The van der Waals surface area contributed by atoms with E-state index in [1.807, 2.05) is 19.1 Å². The molecule has 0 fully saturated rings. The molecule has 0 aliphatic carbocycles. The van der Waals surface area contributed by atoms with Crippen LogP contribution in [0.4, 0.5) is 0 Å². The summed E-state index contributed by atoms with van der Waals surface area (Å²) in [4.78, 5) is 0. The summed E-state index contributed by atoms with van der Waals surface area (Å²) in [5, 5.41) is 3.73. The first-order valence-corrected chi connectivity index (χ1v) is 7.37. The number of nitrogens with one attached hydrogen (secondary N) is 1. The molecule has 0 aliphatic rings. The van der Waals surface area contributed by atoms with Crippen molar-refractivity contribution in [2.45, 2.75) is 20.4 Å². The number of benzene rings is 1. The number of ether oxygens (including phenoxy) is 2. The van der Waals surface area contributed by atoms with Gasteiger partial charge in [0.2, 0.25) is 0 Å². The van der Waals surface area contributed by atoms with Crippen molar-refractivity contribution in [2.75, 3.05) is 19.8 Å². The van der Waals surface area contributed by atoms with Crippen molar-refractivity contribution in [3.63, 3.8) is 0 Å². The summed E-state index contributed by atoms with van der Waals surface area (Å²) in [7, 11) is 0. The molecule has 3 nitrogen and oxygen atoms in total. The van der Waals surface area contributed by atoms with Crippen LogP contribution in [0, 0.1) is 0 Å². The van der Waals surface area contributed by atoms with Crippen LogP contribution in [0.15, 0.2) is 28.2 Å². The summed E-state index contributed by atoms with van der Waals surface area (Å²) in [5.74, 6) is 1.37. The first kappa shape index (κ1) is 16.3. The second kappa shape index (κ2) is 8.46. The van der Waals surface area contributed by atoms with Gasteiger partial charge in [0.05, 0.1) is 11.1 Å². The first-order chi connectivity index (χ1) is 9.08. The van der Waals surface area contributed by atoms with E-state index in [4.69, 9.17) is 21.1 Å². The van der Waals surface area contributed by atoms with Gasteiger partial charge in [-0.15, -0.1) is 0 Å². The molecule has 0 aliphatic heterocycles. The Kier molecular flexibility index (Phi) is 7.28. The Morgan fingerprint density at radius 1 is 1.37 bits per heavy atom. The molecule has 0 aromatic heterocycles. The van der Waals surface area contributed by atoms with Crippen molar-refractivity contribution in [1.82, 2.24) is 5.32 Å². The van der Waals surface area contributed by atoms with Crippen LogP contribution in [-0.4, -0.2) is 19.8 Å². The van der Waals surface area contributed by atoms with E-state index in [0.717, 1.165) is 23.1 Å². The lowest BCUT2D eigenvalue weighted by Crippen LogP contribution is -2.12. The number of hydrogen-bond acceptors (Lipinski definition) is 3. The van der Waals surface area contributed by atoms with Gasteiger partial charge in [-0.3, -0.25) is 0 Å². The van der Waals surface area contributed by atoms with Crippen molar-refractivity contribution < 1.29 is 9.47 Å². The standard InChI is InChI=1S/C14H19BrClNO2/c1-4-17-8-11-6-12(15)14(19-9-10(3)16)13(7-11)18-5-2/h6-7,17H,3-5,8-9H2,1-2H3. The molecule has 0 saturated heterocycles. The summed E-state index contributed by atoms with van der Waals surface area (Å²) in [6.45, 7) is 10.2. The third-order valence-electron chi connectivity index (χ3n) is 2.32. The molecule has 0 amide bonds. The summed E-state index contributed by atoms with van der Waals surface area (Å²) < 4.78 is 12.1. The molecule has 0 bridgehead atoms. The van der Waals surface area contributed by atoms with Gasteiger partial charge in [-0.2, -0.15) is 0 Å². The van der Waals surface area contributed by atoms with E-state index < -0.39 is 0 Å². The highest BCUT2D eigenvalue weighted by Gasteiger charge is 2.12. The quantitative estimate of drug-likeness (QED) is 0.767. The number of halogens is 2. The van der Waals surface area contributed by atoms with Crippen LogP contribution in [0.5, 0.6) is 11.5 Å². The molecule has 19 heavy (non-hydrogen) atoms. The molecule has 5 heteroatoms. The highest BCUT2D eigenvalue weighted by atomic mass is 79.9. The molecule has 0 spiro atoms. The molecule has 106 valence electrons. The predicted octanol–water partition coefficient (Wildman–Crippen LogP) is 4.09. The fourth-order valence-corrected chi connectivity index (χ4v) is 2.20. The van der Waals surface area contributed by atoms with Crippen LogP contribution in [0.2, 0.25) is 0 Å². The van der Waals surface area contributed by atoms with Gasteiger partial charge in [0, 0.05) is 11.6 Å². The molecular weight excluding hydrogens is 330 g/mol. The minimum Gasteiger partial charge on any atom is -0.490 e. The minimum absolute atomic E-state index is 0.257. The lowest BCUT2D eigenvalue weighted by Gasteiger charge is -2.15. The fraction of sp³-hybridized carbons (Fsp3) is 0.429. The maximum atomic E-state index is 5.72. The molecule has 0 atom stereocenters. The summed E-state index contributed by atoms with van der Waals surface area (Å²) in [5.41, 5.74) is 1.13. The normalized spacial score (nSPS) is 10.3. The van der Waals surface area contributed by atoms with E-state index in [0.29, 0.717) is 23.1 Å². The zero-order valence-electron chi connectivity index (χ0n) is 11.3. The van der Waals surface area contributed by atoms with Gasteiger partial charge in [-0.1, -0.05) is 25.1 Å². The molecule has 1 N–H and O–H groups in total. The molecular formula is C14H19BrClNO2. The average molecular weight is 349 g/mol. The third-order valence-corrected chi connectivity index (χ3v) is 3.02. The molecule has 1 aromatic carbocycles. The van der Waals surface area contributed by atoms with Crippen LogP contribution >= 0.6 is 27.5 Å². The Morgan fingerprint density at radius 3 is 2.68 bits per heavy atom. The maximum absolute atomic E-state index is 5.72. The molecule has 1 aromatic rings. The van der Waals surface area contributed by atoms with Crippen molar-refractivity contribution in [1.29, 1.82) is 0 Å². The van der Waals surface area contributed by atoms with Gasteiger partial charge in [-0.05, 0) is 47.1 Å². The largest absolute Gasteiger partial charge is 0.490 e. The summed E-state index contributed by atoms with van der Waals surface area (Å²) >= 11 is 9.23. The maximum Gasteiger partial charge on any atom is 0.175 e. The van der Waals surface area contributed by atoms with Gasteiger partial charge in [0.15, 0.2) is 11.5 Å². The fourth-order valence-electron chi connectivity index (χ4n) is 1.55. The van der Waals surface area contributed by atoms with Crippen LogP contribution in [-0.2, 0) is 6.54 Å². The van der Waals surface area contributed by atoms with E-state index in [1.165, 1.54) is 0 Å². The number of rotatable bonds is 8. The molecule has 0 unspecified atom stereocenters. The van der Waals surface area contributed by atoms with E-state index >= 15 is 0 Å². The Morgan fingerprint density at radius 2 is 2.11 bits per heavy atom. The van der Waals surface area contributed by atoms with E-state index in [-0.39, 0.29) is 6.61 Å². The summed E-state index contributed by atoms with van der Waals surface area (Å²) in [6, 6.07) is 3.99. The molecule has 1 rings (SSSR count). The molecule has 0 heterocycles. The van der Waals surface area contributed by atoms with Gasteiger partial charge < -0.3 is 14.8 Å². The third kappa shape index (κ3) is 5.43. The van der Waals surface area contributed by atoms with Crippen LogP contribution < -0.4 is 14.8 Å². The van der Waals surface area contributed by atoms with Gasteiger partial charge in [-0.25, -0.2) is 0 Å². The lowest BCUT2D eigenvalue weighted by molar-refractivity contribution is 0.294. The second-order valence-corrected chi connectivity index (χ2v) is 5.31. The SMILES string of the molecule is C=C(Cl)COc1c(Br)cc(CNCC)cc1OCC. The Balaban J connectivity index is 2.96. The minimum atomic E-state index is 0.257. The Labute approximate surface area is 128 Å². The predicted molar refractivity (Wildman–Crippen MR) is 83.2 cm³/mol.